The molecule has 272 valence electrons. The van der Waals surface area contributed by atoms with Crippen LogP contribution in [0.2, 0.25) is 0 Å². The molecule has 1 aromatic heterocycles. The summed E-state index contributed by atoms with van der Waals surface area (Å²) in [5, 5.41) is 9.67. The fraction of sp³-hybridized carbons (Fsp3) is 0.0526. The van der Waals surface area contributed by atoms with Crippen LogP contribution in [0.4, 0.5) is 0 Å². The smallest absolute Gasteiger partial charge is 0.143 e. The number of fused-ring (bicyclic) bond motifs is 11. The number of rotatable bonds is 4. The minimum absolute atomic E-state index is 0.0848. The second kappa shape index (κ2) is 12.4. The van der Waals surface area contributed by atoms with Crippen molar-refractivity contribution in [2.24, 2.45) is 0 Å². The summed E-state index contributed by atoms with van der Waals surface area (Å²) >= 11 is 0. The lowest BCUT2D eigenvalue weighted by atomic mass is 9.82. The second-order valence-electron chi connectivity index (χ2n) is 16.3. The fourth-order valence-corrected chi connectivity index (χ4v) is 10.1. The zero-order valence-corrected chi connectivity index (χ0v) is 32.4. The summed E-state index contributed by atoms with van der Waals surface area (Å²) in [4.78, 5) is 0. The van der Waals surface area contributed by atoms with Crippen molar-refractivity contribution in [2.45, 2.75) is 19.3 Å². The molecular weight excluding hydrogens is 701 g/mol. The summed E-state index contributed by atoms with van der Waals surface area (Å²) < 4.78 is 6.98. The highest BCUT2D eigenvalue weighted by Crippen LogP contribution is 2.53. The van der Waals surface area contributed by atoms with Gasteiger partial charge in [0.15, 0.2) is 0 Å². The van der Waals surface area contributed by atoms with E-state index in [2.05, 4.69) is 208 Å². The van der Waals surface area contributed by atoms with Crippen LogP contribution in [0.1, 0.15) is 25.0 Å². The third-order valence-electron chi connectivity index (χ3n) is 12.9. The Balaban J connectivity index is 1.03. The quantitative estimate of drug-likeness (QED) is 0.164. The maximum Gasteiger partial charge on any atom is 0.143 e. The van der Waals surface area contributed by atoms with Crippen LogP contribution in [0.3, 0.4) is 0 Å². The number of hydrogen-bond donors (Lipinski definition) is 0. The molecular formula is C57H38O. The van der Waals surface area contributed by atoms with E-state index < -0.39 is 0 Å². The number of hydrogen-bond acceptors (Lipinski definition) is 1. The van der Waals surface area contributed by atoms with Crippen molar-refractivity contribution in [1.82, 2.24) is 0 Å². The van der Waals surface area contributed by atoms with Gasteiger partial charge >= 0.3 is 0 Å². The lowest BCUT2D eigenvalue weighted by Crippen LogP contribution is -2.14. The Morgan fingerprint density at radius 1 is 0.293 bits per heavy atom. The lowest BCUT2D eigenvalue weighted by Gasteiger charge is -2.21. The highest BCUT2D eigenvalue weighted by molar-refractivity contribution is 6.23. The van der Waals surface area contributed by atoms with Gasteiger partial charge in [0, 0.05) is 27.1 Å². The van der Waals surface area contributed by atoms with Crippen molar-refractivity contribution >= 4 is 54.3 Å². The van der Waals surface area contributed by atoms with Gasteiger partial charge in [-0.3, -0.25) is 0 Å². The summed E-state index contributed by atoms with van der Waals surface area (Å²) in [6, 6.07) is 71.3. The molecule has 10 aromatic carbocycles. The van der Waals surface area contributed by atoms with E-state index >= 15 is 0 Å². The molecule has 0 bridgehead atoms. The van der Waals surface area contributed by atoms with Gasteiger partial charge in [0.25, 0.3) is 0 Å². The van der Waals surface area contributed by atoms with Crippen LogP contribution in [0.15, 0.2) is 199 Å². The van der Waals surface area contributed by atoms with Crippen molar-refractivity contribution in [3.05, 3.63) is 205 Å². The van der Waals surface area contributed by atoms with Gasteiger partial charge in [-0.15, -0.1) is 0 Å². The third-order valence-corrected chi connectivity index (χ3v) is 12.9. The molecule has 1 heterocycles. The average molecular weight is 739 g/mol. The Morgan fingerprint density at radius 2 is 0.828 bits per heavy atom. The molecule has 0 N–H and O–H groups in total. The monoisotopic (exact) mass is 738 g/mol. The van der Waals surface area contributed by atoms with Gasteiger partial charge in [-0.2, -0.15) is 0 Å². The van der Waals surface area contributed by atoms with Crippen LogP contribution in [-0.4, -0.2) is 0 Å². The molecule has 0 fully saturated rings. The molecule has 0 radical (unpaired) electrons. The predicted molar refractivity (Wildman–Crippen MR) is 246 cm³/mol. The first-order valence-electron chi connectivity index (χ1n) is 20.3. The van der Waals surface area contributed by atoms with E-state index in [4.69, 9.17) is 4.42 Å². The Morgan fingerprint density at radius 3 is 1.53 bits per heavy atom. The molecule has 11 aromatic rings. The summed E-state index contributed by atoms with van der Waals surface area (Å²) in [5.41, 5.74) is 16.9. The molecule has 58 heavy (non-hydrogen) atoms. The number of benzene rings is 10. The SMILES string of the molecule is CC1(C)c2ccccc2-c2c1ccc1c2oc2c3ccccc3c(-c3ccc(-c4c5ccccc5c(-c5cccc(-c6ccccc6)c5)c5ccccc45)cc3)cc12. The van der Waals surface area contributed by atoms with Crippen LogP contribution in [-0.2, 0) is 5.41 Å². The Labute approximate surface area is 337 Å². The largest absolute Gasteiger partial charge is 0.455 e. The first-order valence-corrected chi connectivity index (χ1v) is 20.3. The van der Waals surface area contributed by atoms with E-state index in [-0.39, 0.29) is 5.41 Å². The topological polar surface area (TPSA) is 13.1 Å². The molecule has 12 rings (SSSR count). The molecule has 1 aliphatic rings. The molecule has 0 saturated carbocycles. The van der Waals surface area contributed by atoms with E-state index in [1.165, 1.54) is 93.7 Å². The molecule has 0 spiro atoms. The normalized spacial score (nSPS) is 13.1. The molecule has 0 aliphatic heterocycles. The van der Waals surface area contributed by atoms with E-state index in [0.29, 0.717) is 0 Å². The first-order chi connectivity index (χ1) is 28.5. The Hall–Kier alpha value is -7.22. The standard InChI is InChI=1S/C57H38O/c1-57(2)50-26-13-12-25-47(50)54-51(57)32-31-46-49-34-48(40-19-6-11-24-45(40)55(49)58-56(46)54)36-27-29-37(30-28-36)52-41-20-7-9-22-43(41)53(44-23-10-8-21-42(44)52)39-18-14-17-38(33-39)35-15-4-3-5-16-35/h3-34H,1-2H3. The highest BCUT2D eigenvalue weighted by atomic mass is 16.3. The van der Waals surface area contributed by atoms with Gasteiger partial charge in [0.2, 0.25) is 0 Å². The zero-order valence-electron chi connectivity index (χ0n) is 32.4. The molecule has 0 unspecified atom stereocenters. The van der Waals surface area contributed by atoms with E-state index in [0.717, 1.165) is 27.3 Å². The van der Waals surface area contributed by atoms with E-state index in [9.17, 15) is 0 Å². The lowest BCUT2D eigenvalue weighted by molar-refractivity contribution is 0.654. The summed E-state index contributed by atoms with van der Waals surface area (Å²) in [5.74, 6) is 0. The maximum absolute atomic E-state index is 6.98. The Bertz CT molecular complexity index is 3400. The second-order valence-corrected chi connectivity index (χ2v) is 16.3. The van der Waals surface area contributed by atoms with Gasteiger partial charge in [-0.05, 0) is 100 Å². The molecule has 1 heteroatoms. The van der Waals surface area contributed by atoms with Gasteiger partial charge in [-0.25, -0.2) is 0 Å². The van der Waals surface area contributed by atoms with Crippen LogP contribution in [0, 0.1) is 0 Å². The van der Waals surface area contributed by atoms with Crippen LogP contribution >= 0.6 is 0 Å². The minimum Gasteiger partial charge on any atom is -0.455 e. The highest BCUT2D eigenvalue weighted by Gasteiger charge is 2.37. The first kappa shape index (κ1) is 33.0. The van der Waals surface area contributed by atoms with E-state index in [1.807, 2.05) is 0 Å². The maximum atomic E-state index is 6.98. The molecule has 1 aliphatic carbocycles. The van der Waals surface area contributed by atoms with Gasteiger partial charge in [-0.1, -0.05) is 196 Å². The van der Waals surface area contributed by atoms with E-state index in [1.54, 1.807) is 0 Å². The van der Waals surface area contributed by atoms with Crippen molar-refractivity contribution in [3.63, 3.8) is 0 Å². The van der Waals surface area contributed by atoms with Crippen molar-refractivity contribution in [2.75, 3.05) is 0 Å². The zero-order chi connectivity index (χ0) is 38.5. The Kier molecular flexibility index (Phi) is 7.04. The summed E-state index contributed by atoms with van der Waals surface area (Å²) in [6.45, 7) is 4.66. The number of furan rings is 1. The minimum atomic E-state index is -0.0848. The van der Waals surface area contributed by atoms with Crippen LogP contribution in [0.25, 0.3) is 110 Å². The third kappa shape index (κ3) is 4.71. The van der Waals surface area contributed by atoms with Gasteiger partial charge in [0.1, 0.15) is 11.2 Å². The van der Waals surface area contributed by atoms with Gasteiger partial charge in [0.05, 0.1) is 0 Å². The summed E-state index contributed by atoms with van der Waals surface area (Å²) in [7, 11) is 0. The van der Waals surface area contributed by atoms with Crippen LogP contribution < -0.4 is 0 Å². The van der Waals surface area contributed by atoms with Crippen molar-refractivity contribution in [3.8, 4) is 55.6 Å². The van der Waals surface area contributed by atoms with Crippen LogP contribution in [0.5, 0.6) is 0 Å². The molecule has 0 saturated heterocycles. The van der Waals surface area contributed by atoms with Crippen molar-refractivity contribution in [1.29, 1.82) is 0 Å². The molecule has 0 amide bonds. The summed E-state index contributed by atoms with van der Waals surface area (Å²) in [6.07, 6.45) is 0. The van der Waals surface area contributed by atoms with Gasteiger partial charge < -0.3 is 4.42 Å². The van der Waals surface area contributed by atoms with Crippen molar-refractivity contribution < 1.29 is 4.42 Å². The molecule has 1 nitrogen and oxygen atoms in total. The predicted octanol–water partition coefficient (Wildman–Crippen LogP) is 16.0. The average Bonchev–Trinajstić information content (AvgIpc) is 3.77. The molecule has 0 atom stereocenters. The fourth-order valence-electron chi connectivity index (χ4n) is 10.1.